The highest BCUT2D eigenvalue weighted by atomic mass is 35.5. The molecule has 0 unspecified atom stereocenters. The molecule has 0 aliphatic rings. The van der Waals surface area contributed by atoms with Gasteiger partial charge in [0.25, 0.3) is 0 Å². The van der Waals surface area contributed by atoms with E-state index in [9.17, 15) is 18.0 Å². The minimum Gasteiger partial charge on any atom is -0.354 e. The molecule has 2 rings (SSSR count). The summed E-state index contributed by atoms with van der Waals surface area (Å²) in [5.74, 6) is -0.593. The van der Waals surface area contributed by atoms with Crippen molar-refractivity contribution in [2.75, 3.05) is 23.7 Å². The number of anilines is 1. The molecule has 1 N–H and O–H groups in total. The van der Waals surface area contributed by atoms with E-state index in [4.69, 9.17) is 46.4 Å². The van der Waals surface area contributed by atoms with E-state index in [0.717, 1.165) is 23.4 Å². The number of nitrogens with zero attached hydrogens (tertiary/aromatic N) is 2. The van der Waals surface area contributed by atoms with Gasteiger partial charge in [-0.05, 0) is 49.6 Å². The second-order valence-corrected chi connectivity index (χ2v) is 12.4. The zero-order chi connectivity index (χ0) is 28.5. The third-order valence-electron chi connectivity index (χ3n) is 5.93. The molecule has 0 fully saturated rings. The van der Waals surface area contributed by atoms with Gasteiger partial charge in [-0.1, -0.05) is 72.7 Å². The van der Waals surface area contributed by atoms with E-state index in [2.05, 4.69) is 5.32 Å². The minimum absolute atomic E-state index is 0.00911. The summed E-state index contributed by atoms with van der Waals surface area (Å²) in [5.41, 5.74) is 0.767. The summed E-state index contributed by atoms with van der Waals surface area (Å²) < 4.78 is 26.2. The van der Waals surface area contributed by atoms with Gasteiger partial charge in [-0.15, -0.1) is 0 Å². The van der Waals surface area contributed by atoms with Gasteiger partial charge in [0.1, 0.15) is 6.04 Å². The average Bonchev–Trinajstić information content (AvgIpc) is 2.84. The molecule has 7 nitrogen and oxygen atoms in total. The van der Waals surface area contributed by atoms with E-state index >= 15 is 0 Å². The van der Waals surface area contributed by atoms with Gasteiger partial charge in [0.2, 0.25) is 21.8 Å². The highest BCUT2D eigenvalue weighted by Crippen LogP contribution is 2.31. The highest BCUT2D eigenvalue weighted by Gasteiger charge is 2.30. The predicted octanol–water partition coefficient (Wildman–Crippen LogP) is 6.57. The van der Waals surface area contributed by atoms with Crippen LogP contribution in [0.5, 0.6) is 0 Å². The molecule has 0 radical (unpaired) electrons. The van der Waals surface area contributed by atoms with Crippen molar-refractivity contribution in [3.05, 3.63) is 62.1 Å². The van der Waals surface area contributed by atoms with Crippen LogP contribution in [0.15, 0.2) is 36.4 Å². The quantitative estimate of drug-likeness (QED) is 0.241. The lowest BCUT2D eigenvalue weighted by atomic mass is 10.1. The topological polar surface area (TPSA) is 86.8 Å². The molecule has 1 atom stereocenters. The van der Waals surface area contributed by atoms with Crippen molar-refractivity contribution in [1.29, 1.82) is 0 Å². The second-order valence-electron chi connectivity index (χ2n) is 8.82. The Bertz CT molecular complexity index is 1210. The van der Waals surface area contributed by atoms with Crippen LogP contribution < -0.4 is 9.62 Å². The van der Waals surface area contributed by atoms with Crippen LogP contribution in [-0.4, -0.2) is 50.5 Å². The van der Waals surface area contributed by atoms with Crippen LogP contribution in [0, 0.1) is 0 Å². The summed E-state index contributed by atoms with van der Waals surface area (Å²) in [6, 6.07) is 8.84. The summed E-state index contributed by atoms with van der Waals surface area (Å²) >= 11 is 25.1. The molecule has 0 saturated heterocycles. The normalized spacial score (nSPS) is 12.2. The van der Waals surface area contributed by atoms with E-state index < -0.39 is 16.1 Å². The number of hydrogen-bond acceptors (Lipinski definition) is 4. The first-order valence-corrected chi connectivity index (χ1v) is 15.7. The third kappa shape index (κ3) is 9.19. The van der Waals surface area contributed by atoms with Crippen LogP contribution in [0.2, 0.25) is 20.1 Å². The molecule has 0 aliphatic carbocycles. The zero-order valence-electron chi connectivity index (χ0n) is 21.6. The summed E-state index contributed by atoms with van der Waals surface area (Å²) in [6.07, 6.45) is 3.33. The number of rotatable bonds is 14. The van der Waals surface area contributed by atoms with Gasteiger partial charge in [-0.2, -0.15) is 0 Å². The van der Waals surface area contributed by atoms with Crippen molar-refractivity contribution in [3.63, 3.8) is 0 Å². The summed E-state index contributed by atoms with van der Waals surface area (Å²) in [4.78, 5) is 28.0. The molecule has 2 amide bonds. The number of hydrogen-bond donors (Lipinski definition) is 1. The number of carbonyl (C=O) groups is 2. The summed E-state index contributed by atoms with van der Waals surface area (Å²) in [7, 11) is -3.72. The smallest absolute Gasteiger partial charge is 0.242 e. The number of carbonyl (C=O) groups excluding carboxylic acids is 2. The molecule has 2 aromatic rings. The Morgan fingerprint density at radius 3 is 2.21 bits per heavy atom. The predicted molar refractivity (Wildman–Crippen MR) is 157 cm³/mol. The van der Waals surface area contributed by atoms with E-state index in [1.54, 1.807) is 24.3 Å². The van der Waals surface area contributed by atoms with Crippen molar-refractivity contribution < 1.29 is 18.0 Å². The Morgan fingerprint density at radius 2 is 1.63 bits per heavy atom. The molecule has 38 heavy (non-hydrogen) atoms. The van der Waals surface area contributed by atoms with Crippen LogP contribution in [0.4, 0.5) is 5.69 Å². The largest absolute Gasteiger partial charge is 0.354 e. The molecule has 0 aliphatic heterocycles. The van der Waals surface area contributed by atoms with Gasteiger partial charge in [0.15, 0.2) is 0 Å². The molecule has 2 aromatic carbocycles. The summed E-state index contributed by atoms with van der Waals surface area (Å²) in [6.45, 7) is 4.38. The molecular weight excluding hydrogens is 592 g/mol. The Morgan fingerprint density at radius 1 is 0.974 bits per heavy atom. The lowest BCUT2D eigenvalue weighted by Crippen LogP contribution is -2.49. The molecule has 0 saturated carbocycles. The van der Waals surface area contributed by atoms with E-state index in [0.29, 0.717) is 33.6 Å². The average molecular weight is 625 g/mol. The number of halogens is 4. The molecule has 0 bridgehead atoms. The van der Waals surface area contributed by atoms with E-state index in [1.165, 1.54) is 17.0 Å². The number of nitrogens with one attached hydrogen (secondary N) is 1. The molecule has 0 heterocycles. The van der Waals surface area contributed by atoms with Crippen molar-refractivity contribution in [1.82, 2.24) is 10.2 Å². The van der Waals surface area contributed by atoms with Crippen LogP contribution in [0.25, 0.3) is 0 Å². The Labute approximate surface area is 245 Å². The first-order valence-electron chi connectivity index (χ1n) is 12.3. The number of amides is 2. The number of unbranched alkanes of at least 4 members (excludes halogenated alkanes) is 1. The number of benzene rings is 2. The fourth-order valence-corrected chi connectivity index (χ4v) is 5.86. The fourth-order valence-electron chi connectivity index (χ4n) is 3.94. The van der Waals surface area contributed by atoms with Crippen LogP contribution in [-0.2, 0) is 26.2 Å². The zero-order valence-corrected chi connectivity index (χ0v) is 25.5. The van der Waals surface area contributed by atoms with E-state index in [1.807, 2.05) is 13.8 Å². The highest BCUT2D eigenvalue weighted by molar-refractivity contribution is 7.92. The first kappa shape index (κ1) is 32.5. The van der Waals surface area contributed by atoms with Crippen LogP contribution >= 0.6 is 46.4 Å². The third-order valence-corrected chi connectivity index (χ3v) is 8.38. The van der Waals surface area contributed by atoms with Gasteiger partial charge in [0, 0.05) is 46.7 Å². The molecule has 210 valence electrons. The van der Waals surface area contributed by atoms with Gasteiger partial charge < -0.3 is 10.2 Å². The van der Waals surface area contributed by atoms with Gasteiger partial charge in [-0.25, -0.2) is 8.42 Å². The van der Waals surface area contributed by atoms with Crippen molar-refractivity contribution >= 4 is 73.9 Å². The maximum Gasteiger partial charge on any atom is 0.242 e. The Hall–Kier alpha value is -1.71. The Balaban J connectivity index is 2.29. The van der Waals surface area contributed by atoms with Crippen molar-refractivity contribution in [2.24, 2.45) is 0 Å². The molecule has 0 spiro atoms. The minimum atomic E-state index is -3.72. The lowest BCUT2D eigenvalue weighted by molar-refractivity contribution is -0.141. The van der Waals surface area contributed by atoms with Crippen LogP contribution in [0.1, 0.15) is 51.5 Å². The maximum absolute atomic E-state index is 13.5. The molecule has 12 heteroatoms. The van der Waals surface area contributed by atoms with Gasteiger partial charge in [0.05, 0.1) is 17.0 Å². The molecule has 0 aromatic heterocycles. The van der Waals surface area contributed by atoms with Crippen molar-refractivity contribution in [2.45, 2.75) is 58.5 Å². The SMILES string of the molecule is CCCCNC(=O)[C@@H](CC)N(Cc1c(Cl)cccc1Cl)C(=O)CCCN(c1cc(Cl)ccc1Cl)S(C)(=O)=O. The number of sulfonamides is 1. The van der Waals surface area contributed by atoms with Crippen LogP contribution in [0.3, 0.4) is 0 Å². The van der Waals surface area contributed by atoms with Crippen molar-refractivity contribution in [3.8, 4) is 0 Å². The monoisotopic (exact) mass is 623 g/mol. The van der Waals surface area contributed by atoms with Gasteiger partial charge >= 0.3 is 0 Å². The maximum atomic E-state index is 13.5. The second kappa shape index (κ2) is 15.2. The standard InChI is InChI=1S/C26H33Cl4N3O4S/c1-4-6-14-31-26(35)23(5-2)32(17-19-20(28)9-7-10-21(19)29)25(34)11-8-15-33(38(3,36)37)24-16-18(27)12-13-22(24)30/h7,9-10,12-13,16,23H,4-6,8,11,14-15,17H2,1-3H3,(H,31,35)/t23-/m1/s1. The van der Waals surface area contributed by atoms with E-state index in [-0.39, 0.29) is 48.5 Å². The van der Waals surface area contributed by atoms with Gasteiger partial charge in [-0.3, -0.25) is 13.9 Å². The Kier molecular flexibility index (Phi) is 13.0. The fraction of sp³-hybridized carbons (Fsp3) is 0.462. The molecular formula is C26H33Cl4N3O4S. The first-order chi connectivity index (χ1) is 17.9. The summed E-state index contributed by atoms with van der Waals surface area (Å²) in [5, 5.41) is 4.22. The lowest BCUT2D eigenvalue weighted by Gasteiger charge is -2.31.